The summed E-state index contributed by atoms with van der Waals surface area (Å²) in [6.45, 7) is 2.38. The molecule has 1 aromatic heterocycles. The van der Waals surface area contributed by atoms with Crippen LogP contribution in [0.25, 0.3) is 0 Å². The molecule has 1 heterocycles. The molecule has 0 aliphatic carbocycles. The van der Waals surface area contributed by atoms with Crippen LogP contribution in [0.3, 0.4) is 0 Å². The van der Waals surface area contributed by atoms with Crippen LogP contribution >= 0.6 is 15.9 Å². The molecule has 18 heavy (non-hydrogen) atoms. The van der Waals surface area contributed by atoms with Crippen LogP contribution in [0.1, 0.15) is 24.4 Å². The van der Waals surface area contributed by atoms with Gasteiger partial charge in [0.15, 0.2) is 0 Å². The maximum Gasteiger partial charge on any atom is 0.146 e. The fourth-order valence-corrected chi connectivity index (χ4v) is 2.06. The molecule has 0 bridgehead atoms. The van der Waals surface area contributed by atoms with Crippen molar-refractivity contribution in [1.82, 2.24) is 9.55 Å². The largest absolute Gasteiger partial charge is 0.485 e. The lowest BCUT2D eigenvalue weighted by atomic mass is 10.1. The quantitative estimate of drug-likeness (QED) is 0.945. The molecule has 0 aliphatic rings. The lowest BCUT2D eigenvalue weighted by Crippen LogP contribution is -2.09. The van der Waals surface area contributed by atoms with Gasteiger partial charge in [-0.2, -0.15) is 0 Å². The Morgan fingerprint density at radius 2 is 2.28 bits per heavy atom. The van der Waals surface area contributed by atoms with E-state index in [-0.39, 0.29) is 6.04 Å². The summed E-state index contributed by atoms with van der Waals surface area (Å²) in [6, 6.07) is 5.78. The summed E-state index contributed by atoms with van der Waals surface area (Å²) in [5.74, 6) is 1.68. The zero-order chi connectivity index (χ0) is 13.1. The smallest absolute Gasteiger partial charge is 0.146 e. The van der Waals surface area contributed by atoms with Crippen molar-refractivity contribution < 1.29 is 4.74 Å². The molecule has 0 radical (unpaired) electrons. The van der Waals surface area contributed by atoms with Gasteiger partial charge in [-0.3, -0.25) is 0 Å². The number of hydrogen-bond donors (Lipinski definition) is 1. The molecular formula is C13H16BrN3O. The van der Waals surface area contributed by atoms with Gasteiger partial charge >= 0.3 is 0 Å². The highest BCUT2D eigenvalue weighted by Crippen LogP contribution is 2.27. The molecule has 0 aliphatic heterocycles. The molecule has 0 amide bonds. The van der Waals surface area contributed by atoms with Gasteiger partial charge in [0.1, 0.15) is 18.2 Å². The highest BCUT2D eigenvalue weighted by atomic mass is 79.9. The van der Waals surface area contributed by atoms with Gasteiger partial charge in [0.25, 0.3) is 0 Å². The third-order valence-corrected chi connectivity index (χ3v) is 3.23. The van der Waals surface area contributed by atoms with Crippen LogP contribution in [0, 0.1) is 0 Å². The molecule has 0 unspecified atom stereocenters. The molecule has 0 fully saturated rings. The first-order valence-corrected chi connectivity index (χ1v) is 6.51. The number of benzene rings is 1. The maximum atomic E-state index is 5.94. The van der Waals surface area contributed by atoms with Crippen molar-refractivity contribution in [3.05, 3.63) is 46.5 Å². The Morgan fingerprint density at radius 3 is 2.89 bits per heavy atom. The van der Waals surface area contributed by atoms with Gasteiger partial charge in [0, 0.05) is 35.5 Å². The molecule has 2 rings (SSSR count). The number of hydrogen-bond acceptors (Lipinski definition) is 3. The topological polar surface area (TPSA) is 53.1 Å². The zero-order valence-electron chi connectivity index (χ0n) is 10.4. The van der Waals surface area contributed by atoms with Gasteiger partial charge in [0.05, 0.1) is 0 Å². The number of rotatable bonds is 4. The summed E-state index contributed by atoms with van der Waals surface area (Å²) in [5, 5.41) is 0. The molecule has 5 heteroatoms. The standard InChI is InChI=1S/C13H16BrN3O/c1-9(15)11-7-10(14)3-4-12(11)18-8-13-16-5-6-17(13)2/h3-7,9H,8,15H2,1-2H3/t9-/m0/s1. The van der Waals surface area contributed by atoms with E-state index in [4.69, 9.17) is 10.5 Å². The molecule has 0 spiro atoms. The number of aromatic nitrogens is 2. The summed E-state index contributed by atoms with van der Waals surface area (Å²) >= 11 is 3.44. The maximum absolute atomic E-state index is 5.94. The van der Waals surface area contributed by atoms with E-state index < -0.39 is 0 Å². The Labute approximate surface area is 115 Å². The lowest BCUT2D eigenvalue weighted by Gasteiger charge is -2.14. The highest BCUT2D eigenvalue weighted by Gasteiger charge is 2.10. The average Bonchev–Trinajstić information content (AvgIpc) is 2.73. The number of nitrogens with zero attached hydrogens (tertiary/aromatic N) is 2. The minimum absolute atomic E-state index is 0.0705. The molecule has 1 atom stereocenters. The average molecular weight is 310 g/mol. The van der Waals surface area contributed by atoms with Crippen LogP contribution in [0.2, 0.25) is 0 Å². The second-order valence-corrected chi connectivity index (χ2v) is 5.13. The Morgan fingerprint density at radius 1 is 1.50 bits per heavy atom. The van der Waals surface area contributed by atoms with Gasteiger partial charge in [-0.15, -0.1) is 0 Å². The summed E-state index contributed by atoms with van der Waals surface area (Å²) in [7, 11) is 1.94. The molecule has 2 N–H and O–H groups in total. The van der Waals surface area contributed by atoms with Crippen LogP contribution in [-0.2, 0) is 13.7 Å². The third-order valence-electron chi connectivity index (χ3n) is 2.74. The van der Waals surface area contributed by atoms with Gasteiger partial charge in [0.2, 0.25) is 0 Å². The SMILES string of the molecule is C[C@H](N)c1cc(Br)ccc1OCc1nccn1C. The van der Waals surface area contributed by atoms with Gasteiger partial charge in [-0.1, -0.05) is 15.9 Å². The number of nitrogens with two attached hydrogens (primary N) is 1. The van der Waals surface area contributed by atoms with E-state index in [1.807, 2.05) is 42.9 Å². The van der Waals surface area contributed by atoms with Crippen molar-refractivity contribution in [3.8, 4) is 5.75 Å². The predicted octanol–water partition coefficient (Wildman–Crippen LogP) is 2.78. The number of ether oxygens (including phenoxy) is 1. The van der Waals surface area contributed by atoms with Crippen molar-refractivity contribution in [2.75, 3.05) is 0 Å². The Kier molecular flexibility index (Phi) is 4.04. The first kappa shape index (κ1) is 13.1. The van der Waals surface area contributed by atoms with Crippen LogP contribution in [0.5, 0.6) is 5.75 Å². The van der Waals surface area contributed by atoms with Crippen molar-refractivity contribution in [2.45, 2.75) is 19.6 Å². The van der Waals surface area contributed by atoms with Crippen molar-refractivity contribution in [1.29, 1.82) is 0 Å². The number of imidazole rings is 1. The summed E-state index contributed by atoms with van der Waals surface area (Å²) in [6.07, 6.45) is 3.65. The van der Waals surface area contributed by atoms with Crippen LogP contribution < -0.4 is 10.5 Å². The zero-order valence-corrected chi connectivity index (χ0v) is 12.0. The van der Waals surface area contributed by atoms with E-state index in [9.17, 15) is 0 Å². The van der Waals surface area contributed by atoms with E-state index in [0.29, 0.717) is 6.61 Å². The van der Waals surface area contributed by atoms with Crippen molar-refractivity contribution in [2.24, 2.45) is 12.8 Å². The van der Waals surface area contributed by atoms with E-state index >= 15 is 0 Å². The molecule has 2 aromatic rings. The summed E-state index contributed by atoms with van der Waals surface area (Å²) in [4.78, 5) is 4.22. The summed E-state index contributed by atoms with van der Waals surface area (Å²) in [5.41, 5.74) is 6.93. The monoisotopic (exact) mass is 309 g/mol. The third kappa shape index (κ3) is 2.91. The van der Waals surface area contributed by atoms with E-state index in [0.717, 1.165) is 21.6 Å². The first-order valence-electron chi connectivity index (χ1n) is 5.72. The van der Waals surface area contributed by atoms with Crippen LogP contribution in [-0.4, -0.2) is 9.55 Å². The fraction of sp³-hybridized carbons (Fsp3) is 0.308. The predicted molar refractivity (Wildman–Crippen MR) is 74.3 cm³/mol. The Hall–Kier alpha value is -1.33. The number of aryl methyl sites for hydroxylation is 1. The highest BCUT2D eigenvalue weighted by molar-refractivity contribution is 9.10. The van der Waals surface area contributed by atoms with Crippen molar-refractivity contribution >= 4 is 15.9 Å². The molecular weight excluding hydrogens is 294 g/mol. The van der Waals surface area contributed by atoms with Crippen molar-refractivity contribution in [3.63, 3.8) is 0 Å². The minimum Gasteiger partial charge on any atom is -0.485 e. The Bertz CT molecular complexity index is 537. The second-order valence-electron chi connectivity index (χ2n) is 4.21. The number of halogens is 1. The van der Waals surface area contributed by atoms with E-state index in [1.165, 1.54) is 0 Å². The van der Waals surface area contributed by atoms with Gasteiger partial charge in [-0.25, -0.2) is 4.98 Å². The molecule has 0 saturated heterocycles. The van der Waals surface area contributed by atoms with E-state index in [2.05, 4.69) is 20.9 Å². The minimum atomic E-state index is -0.0705. The lowest BCUT2D eigenvalue weighted by molar-refractivity contribution is 0.287. The molecule has 0 saturated carbocycles. The van der Waals surface area contributed by atoms with E-state index in [1.54, 1.807) is 6.20 Å². The van der Waals surface area contributed by atoms with Crippen LogP contribution in [0.15, 0.2) is 35.1 Å². The Balaban J connectivity index is 2.16. The van der Waals surface area contributed by atoms with Crippen LogP contribution in [0.4, 0.5) is 0 Å². The van der Waals surface area contributed by atoms with Gasteiger partial charge < -0.3 is 15.0 Å². The molecule has 4 nitrogen and oxygen atoms in total. The molecule has 96 valence electrons. The second kappa shape index (κ2) is 5.54. The first-order chi connectivity index (χ1) is 8.58. The normalized spacial score (nSPS) is 12.4. The molecule has 1 aromatic carbocycles. The summed E-state index contributed by atoms with van der Waals surface area (Å²) < 4.78 is 8.73. The van der Waals surface area contributed by atoms with Gasteiger partial charge in [-0.05, 0) is 25.1 Å². The fourth-order valence-electron chi connectivity index (χ4n) is 1.68.